The quantitative estimate of drug-likeness (QED) is 0.223. The van der Waals surface area contributed by atoms with Crippen LogP contribution >= 0.6 is 0 Å². The van der Waals surface area contributed by atoms with Crippen molar-refractivity contribution >= 4 is 38.9 Å². The van der Waals surface area contributed by atoms with E-state index in [1.165, 1.54) is 0 Å². The third-order valence-electron chi connectivity index (χ3n) is 13.4. The van der Waals surface area contributed by atoms with E-state index >= 15 is 0 Å². The number of sulfone groups is 1. The predicted molar refractivity (Wildman–Crippen MR) is 197 cm³/mol. The summed E-state index contributed by atoms with van der Waals surface area (Å²) in [6.07, 6.45) is 10.6. The van der Waals surface area contributed by atoms with Gasteiger partial charge in [-0.05, 0) is 94.8 Å². The van der Waals surface area contributed by atoms with Crippen LogP contribution in [0.25, 0.3) is 0 Å². The van der Waals surface area contributed by atoms with Gasteiger partial charge in [-0.3, -0.25) is 24.0 Å². The lowest BCUT2D eigenvalue weighted by Gasteiger charge is -2.39. The highest BCUT2D eigenvalue weighted by atomic mass is 32.2. The van der Waals surface area contributed by atoms with Gasteiger partial charge in [0.05, 0.1) is 28.6 Å². The fourth-order valence-electron chi connectivity index (χ4n) is 9.59. The first-order valence-corrected chi connectivity index (χ1v) is 21.8. The van der Waals surface area contributed by atoms with E-state index in [9.17, 15) is 32.4 Å². The summed E-state index contributed by atoms with van der Waals surface area (Å²) < 4.78 is 32.2. The fourth-order valence-corrected chi connectivity index (χ4v) is 11.2. The Morgan fingerprint density at radius 3 is 2.16 bits per heavy atom. The molecule has 5 rings (SSSR count). The monoisotopic (exact) mass is 731 g/mol. The van der Waals surface area contributed by atoms with E-state index in [2.05, 4.69) is 13.8 Å². The maximum absolute atomic E-state index is 14.7. The topological polar surface area (TPSA) is 132 Å². The first-order chi connectivity index (χ1) is 23.9. The first-order valence-electron chi connectivity index (χ1n) is 20.1. The number of fused-ring (bicyclic) bond motifs is 3. The molecule has 0 bridgehead atoms. The lowest BCUT2D eigenvalue weighted by atomic mass is 9.71. The highest BCUT2D eigenvalue weighted by Gasteiger charge is 2.69. The summed E-state index contributed by atoms with van der Waals surface area (Å²) in [5, 5.41) is 0. The minimum absolute atomic E-state index is 0.0357. The van der Waals surface area contributed by atoms with Gasteiger partial charge in [0, 0.05) is 44.8 Å². The number of amides is 1. The van der Waals surface area contributed by atoms with Gasteiger partial charge in [-0.2, -0.15) is 0 Å². The second-order valence-corrected chi connectivity index (χ2v) is 21.5. The van der Waals surface area contributed by atoms with E-state index < -0.39 is 49.8 Å². The van der Waals surface area contributed by atoms with Crippen molar-refractivity contribution in [2.45, 2.75) is 168 Å². The van der Waals surface area contributed by atoms with Crippen molar-refractivity contribution in [3.05, 3.63) is 0 Å². The highest BCUT2D eigenvalue weighted by Crippen LogP contribution is 2.65. The summed E-state index contributed by atoms with van der Waals surface area (Å²) in [5.74, 6) is -2.44. The van der Waals surface area contributed by atoms with Gasteiger partial charge in [-0.25, -0.2) is 8.42 Å². The van der Waals surface area contributed by atoms with Crippen molar-refractivity contribution in [3.8, 4) is 0 Å². The molecule has 2 heterocycles. The molecule has 5 fully saturated rings. The van der Waals surface area contributed by atoms with Crippen molar-refractivity contribution in [1.82, 2.24) is 4.90 Å². The average Bonchev–Trinajstić information content (AvgIpc) is 3.89. The molecule has 2 aliphatic heterocycles. The second kappa shape index (κ2) is 15.8. The van der Waals surface area contributed by atoms with Crippen LogP contribution in [0.1, 0.15) is 151 Å². The van der Waals surface area contributed by atoms with E-state index in [1.807, 2.05) is 6.92 Å². The van der Waals surface area contributed by atoms with Crippen LogP contribution in [0.2, 0.25) is 0 Å². The van der Waals surface area contributed by atoms with Crippen LogP contribution < -0.4 is 0 Å². The Bertz CT molecular complexity index is 1430. The van der Waals surface area contributed by atoms with Crippen LogP contribution in [0.5, 0.6) is 0 Å². The fraction of sp³-hybridized carbons (Fsp3) is 0.878. The van der Waals surface area contributed by atoms with Crippen LogP contribution in [0, 0.1) is 40.4 Å². The van der Waals surface area contributed by atoms with Gasteiger partial charge in [0.1, 0.15) is 5.78 Å². The number of nitrogens with zero attached hydrogens (tertiary/aromatic N) is 1. The lowest BCUT2D eigenvalue weighted by Crippen LogP contribution is -2.51. The van der Waals surface area contributed by atoms with E-state index in [1.54, 1.807) is 25.7 Å². The Kier molecular flexibility index (Phi) is 12.5. The zero-order chi connectivity index (χ0) is 37.4. The Morgan fingerprint density at radius 1 is 0.882 bits per heavy atom. The number of hydrogen-bond donors (Lipinski definition) is 0. The number of carbonyl (C=O) groups is 5. The number of Topliss-reactive ketones (excluding diaryl/α,β-unsaturated/α-hetero) is 4. The molecule has 9 nitrogen and oxygen atoms in total. The van der Waals surface area contributed by atoms with E-state index in [-0.39, 0.29) is 71.9 Å². The minimum Gasteiger partial charge on any atom is -0.378 e. The van der Waals surface area contributed by atoms with Crippen LogP contribution in [0.3, 0.4) is 0 Å². The molecule has 3 saturated carbocycles. The highest BCUT2D eigenvalue weighted by molar-refractivity contribution is 7.92. The molecule has 0 aromatic rings. The summed E-state index contributed by atoms with van der Waals surface area (Å²) >= 11 is 0. The zero-order valence-electron chi connectivity index (χ0n) is 32.3. The molecular formula is C41H65NO8S. The van der Waals surface area contributed by atoms with Crippen molar-refractivity contribution in [1.29, 1.82) is 0 Å². The number of rotatable bonds is 10. The molecule has 0 aromatic carbocycles. The normalized spacial score (nSPS) is 32.2. The second-order valence-electron chi connectivity index (χ2n) is 18.8. The van der Waals surface area contributed by atoms with Crippen LogP contribution in [0.4, 0.5) is 0 Å². The van der Waals surface area contributed by atoms with Gasteiger partial charge in [0.25, 0.3) is 0 Å². The van der Waals surface area contributed by atoms with Crippen molar-refractivity contribution < 1.29 is 37.1 Å². The molecule has 1 amide bonds. The SMILES string of the molecule is C[C@@H]1OCCCCCCC[C@@H](C(=O)C(=O)CC2CC2)CC(=O)[C@@H]2[C@@H]3[C@H](CN2C(=O)[C@H]1CC(=O)CC1(CS(=O)(=O)C(C)(C)C)CCCCC1)C3(C)C. The lowest BCUT2D eigenvalue weighted by molar-refractivity contribution is -0.149. The van der Waals surface area contributed by atoms with E-state index in [4.69, 9.17) is 4.74 Å². The minimum atomic E-state index is -3.48. The van der Waals surface area contributed by atoms with E-state index in [0.29, 0.717) is 38.3 Å². The van der Waals surface area contributed by atoms with Gasteiger partial charge < -0.3 is 9.64 Å². The summed E-state index contributed by atoms with van der Waals surface area (Å²) in [4.78, 5) is 71.3. The first kappa shape index (κ1) is 40.2. The maximum Gasteiger partial charge on any atom is 0.229 e. The predicted octanol–water partition coefficient (Wildman–Crippen LogP) is 6.87. The number of hydrogen-bond acceptors (Lipinski definition) is 8. The van der Waals surface area contributed by atoms with Crippen molar-refractivity contribution in [3.63, 3.8) is 0 Å². The van der Waals surface area contributed by atoms with E-state index in [0.717, 1.165) is 64.2 Å². The summed E-state index contributed by atoms with van der Waals surface area (Å²) in [7, 11) is -3.48. The molecule has 6 atom stereocenters. The van der Waals surface area contributed by atoms with Gasteiger partial charge in [-0.1, -0.05) is 58.8 Å². The Hall–Kier alpha value is -1.94. The van der Waals surface area contributed by atoms with Gasteiger partial charge in [0.2, 0.25) is 11.7 Å². The Balaban J connectivity index is 1.39. The summed E-state index contributed by atoms with van der Waals surface area (Å²) in [5.41, 5.74) is -0.776. The molecule has 5 aliphatic rings. The molecule has 0 radical (unpaired) electrons. The van der Waals surface area contributed by atoms with Crippen LogP contribution in [0.15, 0.2) is 0 Å². The maximum atomic E-state index is 14.7. The van der Waals surface area contributed by atoms with Gasteiger partial charge in [0.15, 0.2) is 21.4 Å². The van der Waals surface area contributed by atoms with Crippen LogP contribution in [-0.2, 0) is 38.5 Å². The standard InChI is InChI=1S/C41H65NO8S/c1-27-31(23-30(43)24-41(18-12-10-13-19-41)26-51(48,49)39(2,3)4)38(47)42-25-32-35(40(32,5)6)36(42)33(44)22-29(15-11-8-7-9-14-20-50-27)37(46)34(45)21-28-16-17-28/h27-29,31-32,35-36H,7-26H2,1-6H3/t27-,29+,31-,32-,35-,36+/m0/s1. The molecule has 2 saturated heterocycles. The molecular weight excluding hydrogens is 667 g/mol. The number of carbonyl (C=O) groups excluding carboxylic acids is 5. The Labute approximate surface area is 307 Å². The molecule has 51 heavy (non-hydrogen) atoms. The Morgan fingerprint density at radius 2 is 1.51 bits per heavy atom. The average molecular weight is 732 g/mol. The smallest absolute Gasteiger partial charge is 0.229 e. The molecule has 0 spiro atoms. The van der Waals surface area contributed by atoms with Crippen molar-refractivity contribution in [2.75, 3.05) is 18.9 Å². The van der Waals surface area contributed by atoms with Gasteiger partial charge >= 0.3 is 0 Å². The number of piperidine rings is 1. The number of ether oxygens (including phenoxy) is 1. The largest absolute Gasteiger partial charge is 0.378 e. The zero-order valence-corrected chi connectivity index (χ0v) is 33.1. The molecule has 0 aromatic heterocycles. The third-order valence-corrected chi connectivity index (χ3v) is 16.3. The third kappa shape index (κ3) is 9.42. The molecule has 288 valence electrons. The molecule has 0 unspecified atom stereocenters. The molecule has 3 aliphatic carbocycles. The summed E-state index contributed by atoms with van der Waals surface area (Å²) in [6.45, 7) is 12.1. The van der Waals surface area contributed by atoms with Gasteiger partial charge in [-0.15, -0.1) is 0 Å². The van der Waals surface area contributed by atoms with Crippen molar-refractivity contribution in [2.24, 2.45) is 40.4 Å². The number of ketones is 4. The molecule has 10 heteroatoms. The molecule has 0 N–H and O–H groups in total. The summed E-state index contributed by atoms with van der Waals surface area (Å²) in [6, 6.07) is -0.703. The van der Waals surface area contributed by atoms with Crippen LogP contribution in [-0.4, -0.2) is 78.2 Å².